The first-order valence-corrected chi connectivity index (χ1v) is 5.46. The number of hydrogen-bond donors (Lipinski definition) is 1. The molecule has 1 atom stereocenters. The van der Waals surface area contributed by atoms with Gasteiger partial charge in [-0.15, -0.1) is 0 Å². The van der Waals surface area contributed by atoms with Crippen molar-refractivity contribution < 1.29 is 0 Å². The molecule has 1 rings (SSSR count). The van der Waals surface area contributed by atoms with Crippen LogP contribution in [0.4, 0.5) is 0 Å². The first-order valence-electron chi connectivity index (χ1n) is 5.46. The summed E-state index contributed by atoms with van der Waals surface area (Å²) in [4.78, 5) is 18.8. The van der Waals surface area contributed by atoms with E-state index in [-0.39, 0.29) is 11.0 Å². The summed E-state index contributed by atoms with van der Waals surface area (Å²) >= 11 is 0. The average molecular weight is 208 g/mol. The molecule has 1 aromatic heterocycles. The normalized spacial score (nSPS) is 13.9. The van der Waals surface area contributed by atoms with Crippen molar-refractivity contribution in [2.75, 3.05) is 0 Å². The molecular formula is C12H20N2O. The molecule has 0 aliphatic rings. The molecular weight excluding hydrogens is 188 g/mol. The maximum atomic E-state index is 11.5. The molecule has 0 aromatic carbocycles. The van der Waals surface area contributed by atoms with E-state index >= 15 is 0 Å². The van der Waals surface area contributed by atoms with Gasteiger partial charge in [0.15, 0.2) is 0 Å². The van der Waals surface area contributed by atoms with Gasteiger partial charge in [-0.3, -0.25) is 4.79 Å². The predicted molar refractivity (Wildman–Crippen MR) is 62.3 cm³/mol. The molecule has 0 aliphatic carbocycles. The Balaban J connectivity index is 3.23. The van der Waals surface area contributed by atoms with Crippen LogP contribution in [0, 0.1) is 0 Å². The fourth-order valence-corrected chi connectivity index (χ4v) is 1.29. The van der Waals surface area contributed by atoms with Gasteiger partial charge in [0.25, 0.3) is 5.56 Å². The van der Waals surface area contributed by atoms with E-state index in [2.05, 4.69) is 44.6 Å². The fraction of sp³-hybridized carbons (Fsp3) is 0.667. The third-order valence-corrected chi connectivity index (χ3v) is 2.61. The minimum Gasteiger partial charge on any atom is -0.310 e. The molecule has 3 nitrogen and oxygen atoms in total. The van der Waals surface area contributed by atoms with Crippen LogP contribution in [-0.2, 0) is 5.41 Å². The molecule has 0 saturated heterocycles. The van der Waals surface area contributed by atoms with Crippen molar-refractivity contribution in [1.29, 1.82) is 0 Å². The van der Waals surface area contributed by atoms with Gasteiger partial charge in [-0.1, -0.05) is 34.6 Å². The lowest BCUT2D eigenvalue weighted by Crippen LogP contribution is -2.21. The van der Waals surface area contributed by atoms with Gasteiger partial charge in [0.1, 0.15) is 5.82 Å². The van der Waals surface area contributed by atoms with E-state index in [0.717, 1.165) is 17.9 Å². The van der Waals surface area contributed by atoms with Crippen LogP contribution in [0.3, 0.4) is 0 Å². The van der Waals surface area contributed by atoms with Crippen LogP contribution in [0.1, 0.15) is 58.5 Å². The molecule has 1 unspecified atom stereocenters. The molecule has 0 spiro atoms. The standard InChI is InChI=1S/C12H20N2O/c1-6-8(2)11-13-9(12(3,4)5)7-10(15)14-11/h7-8H,6H2,1-5H3,(H,13,14,15). The lowest BCUT2D eigenvalue weighted by Gasteiger charge is -2.19. The third-order valence-electron chi connectivity index (χ3n) is 2.61. The Labute approximate surface area is 91.0 Å². The van der Waals surface area contributed by atoms with Gasteiger partial charge in [-0.2, -0.15) is 0 Å². The summed E-state index contributed by atoms with van der Waals surface area (Å²) in [5.41, 5.74) is 0.739. The Hall–Kier alpha value is -1.12. The zero-order valence-corrected chi connectivity index (χ0v) is 10.2. The van der Waals surface area contributed by atoms with Crippen LogP contribution in [-0.4, -0.2) is 9.97 Å². The highest BCUT2D eigenvalue weighted by Gasteiger charge is 2.18. The summed E-state index contributed by atoms with van der Waals surface area (Å²) in [6.45, 7) is 10.4. The SMILES string of the molecule is CCC(C)c1nc(C(C)(C)C)cc(=O)[nH]1. The summed E-state index contributed by atoms with van der Waals surface area (Å²) in [7, 11) is 0. The van der Waals surface area contributed by atoms with E-state index in [1.807, 2.05) is 0 Å². The van der Waals surface area contributed by atoms with Crippen molar-refractivity contribution in [3.8, 4) is 0 Å². The quantitative estimate of drug-likeness (QED) is 0.812. The van der Waals surface area contributed by atoms with Gasteiger partial charge in [0.05, 0.1) is 5.69 Å². The van der Waals surface area contributed by atoms with Crippen molar-refractivity contribution in [1.82, 2.24) is 9.97 Å². The number of H-pyrrole nitrogens is 1. The lowest BCUT2D eigenvalue weighted by molar-refractivity contribution is 0.551. The van der Waals surface area contributed by atoms with Crippen LogP contribution < -0.4 is 5.56 Å². The molecule has 0 aliphatic heterocycles. The van der Waals surface area contributed by atoms with E-state index in [1.165, 1.54) is 0 Å². The van der Waals surface area contributed by atoms with Crippen molar-refractivity contribution >= 4 is 0 Å². The Kier molecular flexibility index (Phi) is 3.32. The van der Waals surface area contributed by atoms with E-state index in [9.17, 15) is 4.79 Å². The number of aromatic nitrogens is 2. The molecule has 0 amide bonds. The molecule has 1 heterocycles. The Morgan fingerprint density at radius 2 is 2.07 bits per heavy atom. The topological polar surface area (TPSA) is 45.8 Å². The average Bonchev–Trinajstić information content (AvgIpc) is 2.14. The number of rotatable bonds is 2. The van der Waals surface area contributed by atoms with Crippen molar-refractivity contribution in [3.05, 3.63) is 27.9 Å². The van der Waals surface area contributed by atoms with Crippen LogP contribution in [0.15, 0.2) is 10.9 Å². The molecule has 0 radical (unpaired) electrons. The highest BCUT2D eigenvalue weighted by atomic mass is 16.1. The van der Waals surface area contributed by atoms with Gasteiger partial charge in [0.2, 0.25) is 0 Å². The zero-order valence-electron chi connectivity index (χ0n) is 10.2. The van der Waals surface area contributed by atoms with Crippen LogP contribution >= 0.6 is 0 Å². The van der Waals surface area contributed by atoms with Gasteiger partial charge >= 0.3 is 0 Å². The number of nitrogens with one attached hydrogen (secondary N) is 1. The Morgan fingerprint density at radius 1 is 1.47 bits per heavy atom. The maximum Gasteiger partial charge on any atom is 0.251 e. The molecule has 0 fully saturated rings. The smallest absolute Gasteiger partial charge is 0.251 e. The largest absolute Gasteiger partial charge is 0.310 e. The second-order valence-corrected chi connectivity index (χ2v) is 5.08. The van der Waals surface area contributed by atoms with Gasteiger partial charge in [-0.25, -0.2) is 4.98 Å². The molecule has 1 N–H and O–H groups in total. The Morgan fingerprint density at radius 3 is 2.53 bits per heavy atom. The predicted octanol–water partition coefficient (Wildman–Crippen LogP) is 2.58. The summed E-state index contributed by atoms with van der Waals surface area (Å²) < 4.78 is 0. The van der Waals surface area contributed by atoms with E-state index in [1.54, 1.807) is 6.07 Å². The molecule has 84 valence electrons. The van der Waals surface area contributed by atoms with Gasteiger partial charge in [0, 0.05) is 17.4 Å². The number of hydrogen-bond acceptors (Lipinski definition) is 2. The highest BCUT2D eigenvalue weighted by Crippen LogP contribution is 2.20. The fourth-order valence-electron chi connectivity index (χ4n) is 1.29. The summed E-state index contributed by atoms with van der Waals surface area (Å²) in [5, 5.41) is 0. The summed E-state index contributed by atoms with van der Waals surface area (Å²) in [6, 6.07) is 1.59. The third kappa shape index (κ3) is 2.91. The zero-order chi connectivity index (χ0) is 11.6. The molecule has 1 aromatic rings. The monoisotopic (exact) mass is 208 g/mol. The van der Waals surface area contributed by atoms with Crippen molar-refractivity contribution in [2.45, 2.75) is 52.4 Å². The van der Waals surface area contributed by atoms with Crippen molar-refractivity contribution in [3.63, 3.8) is 0 Å². The van der Waals surface area contributed by atoms with Crippen LogP contribution in [0.2, 0.25) is 0 Å². The van der Waals surface area contributed by atoms with Crippen molar-refractivity contribution in [2.24, 2.45) is 0 Å². The summed E-state index contributed by atoms with van der Waals surface area (Å²) in [5.74, 6) is 1.11. The first-order chi connectivity index (χ1) is 6.84. The van der Waals surface area contributed by atoms with Gasteiger partial charge < -0.3 is 4.98 Å². The second-order valence-electron chi connectivity index (χ2n) is 5.08. The van der Waals surface area contributed by atoms with E-state index in [0.29, 0.717) is 5.92 Å². The minimum absolute atomic E-state index is 0.0507. The number of aromatic amines is 1. The molecule has 15 heavy (non-hydrogen) atoms. The highest BCUT2D eigenvalue weighted by molar-refractivity contribution is 5.13. The molecule has 3 heteroatoms. The number of nitrogens with zero attached hydrogens (tertiary/aromatic N) is 1. The second kappa shape index (κ2) is 4.17. The van der Waals surface area contributed by atoms with Crippen LogP contribution in [0.5, 0.6) is 0 Å². The Bertz CT molecular complexity index is 387. The molecule has 0 saturated carbocycles. The lowest BCUT2D eigenvalue weighted by atomic mass is 9.92. The first kappa shape index (κ1) is 12.0. The van der Waals surface area contributed by atoms with E-state index < -0.39 is 0 Å². The van der Waals surface area contributed by atoms with Crippen LogP contribution in [0.25, 0.3) is 0 Å². The van der Waals surface area contributed by atoms with Gasteiger partial charge in [-0.05, 0) is 6.42 Å². The van der Waals surface area contributed by atoms with E-state index in [4.69, 9.17) is 0 Å². The summed E-state index contributed by atoms with van der Waals surface area (Å²) in [6.07, 6.45) is 0.983. The maximum absolute atomic E-state index is 11.5. The molecule has 0 bridgehead atoms. The minimum atomic E-state index is -0.0729.